The number of nitrogens with one attached hydrogen (secondary N) is 2. The average molecular weight is 366 g/mol. The molecule has 1 aliphatic rings. The van der Waals surface area contributed by atoms with E-state index in [0.717, 1.165) is 37.0 Å². The summed E-state index contributed by atoms with van der Waals surface area (Å²) in [5, 5.41) is 5.97. The zero-order valence-corrected chi connectivity index (χ0v) is 15.7. The molecule has 0 heterocycles. The van der Waals surface area contributed by atoms with E-state index in [1.54, 1.807) is 31.4 Å². The molecule has 1 aliphatic carbocycles. The van der Waals surface area contributed by atoms with E-state index in [9.17, 15) is 9.59 Å². The normalized spacial score (nSPS) is 14.4. The van der Waals surface area contributed by atoms with Gasteiger partial charge in [-0.05, 0) is 37.1 Å². The Labute approximate surface area is 160 Å². The van der Waals surface area contributed by atoms with E-state index in [2.05, 4.69) is 10.6 Å². The highest BCUT2D eigenvalue weighted by Crippen LogP contribution is 2.19. The molecule has 3 rings (SSSR count). The van der Waals surface area contributed by atoms with Crippen LogP contribution in [0.2, 0.25) is 0 Å². The summed E-state index contributed by atoms with van der Waals surface area (Å²) in [6, 6.07) is 14.7. The summed E-state index contributed by atoms with van der Waals surface area (Å²) in [6.45, 7) is 0.362. The van der Waals surface area contributed by atoms with E-state index in [0.29, 0.717) is 17.7 Å². The van der Waals surface area contributed by atoms with Crippen LogP contribution >= 0.6 is 0 Å². The maximum absolute atomic E-state index is 12.5. The number of hydrogen-bond donors (Lipinski definition) is 2. The molecule has 0 spiro atoms. The Hall–Kier alpha value is -2.82. The molecule has 2 aromatic carbocycles. The van der Waals surface area contributed by atoms with Crippen LogP contribution in [0, 0.1) is 0 Å². The van der Waals surface area contributed by atoms with E-state index in [1.165, 1.54) is 6.42 Å². The number of rotatable bonds is 6. The molecule has 0 aliphatic heterocycles. The van der Waals surface area contributed by atoms with Gasteiger partial charge in [0.1, 0.15) is 5.75 Å². The van der Waals surface area contributed by atoms with Crippen molar-refractivity contribution in [3.8, 4) is 5.75 Å². The van der Waals surface area contributed by atoms with Crippen LogP contribution < -0.4 is 15.4 Å². The standard InChI is InChI=1S/C22H26N2O3/c1-27-20-13-6-5-8-18(20)15-23-21(25)16-9-7-10-17(14-16)22(26)24-19-11-3-2-4-12-19/h5-10,13-14,19H,2-4,11-12,15H2,1H3,(H,23,25)(H,24,26). The van der Waals surface area contributed by atoms with Gasteiger partial charge in [0.05, 0.1) is 7.11 Å². The first kappa shape index (κ1) is 19.0. The van der Waals surface area contributed by atoms with Crippen molar-refractivity contribution in [2.45, 2.75) is 44.7 Å². The van der Waals surface area contributed by atoms with Gasteiger partial charge in [-0.15, -0.1) is 0 Å². The molecule has 5 nitrogen and oxygen atoms in total. The molecule has 1 saturated carbocycles. The van der Waals surface area contributed by atoms with Crippen LogP contribution in [0.15, 0.2) is 48.5 Å². The molecular formula is C22H26N2O3. The Morgan fingerprint density at radius 3 is 2.41 bits per heavy atom. The van der Waals surface area contributed by atoms with Crippen molar-refractivity contribution in [3.05, 3.63) is 65.2 Å². The van der Waals surface area contributed by atoms with Crippen molar-refractivity contribution >= 4 is 11.8 Å². The fraction of sp³-hybridized carbons (Fsp3) is 0.364. The molecule has 27 heavy (non-hydrogen) atoms. The summed E-state index contributed by atoms with van der Waals surface area (Å²) in [4.78, 5) is 25.0. The second-order valence-electron chi connectivity index (χ2n) is 6.88. The predicted molar refractivity (Wildman–Crippen MR) is 105 cm³/mol. The van der Waals surface area contributed by atoms with E-state index in [-0.39, 0.29) is 17.9 Å². The molecule has 2 aromatic rings. The first-order valence-corrected chi connectivity index (χ1v) is 9.48. The highest BCUT2D eigenvalue weighted by atomic mass is 16.5. The maximum atomic E-state index is 12.5. The lowest BCUT2D eigenvalue weighted by atomic mass is 9.95. The molecule has 0 aromatic heterocycles. The Kier molecular flexibility index (Phi) is 6.47. The molecule has 0 unspecified atom stereocenters. The van der Waals surface area contributed by atoms with Gasteiger partial charge in [0.15, 0.2) is 0 Å². The van der Waals surface area contributed by atoms with Crippen molar-refractivity contribution < 1.29 is 14.3 Å². The number of carbonyl (C=O) groups is 2. The second kappa shape index (κ2) is 9.21. The van der Waals surface area contributed by atoms with Gasteiger partial charge in [-0.3, -0.25) is 9.59 Å². The highest BCUT2D eigenvalue weighted by molar-refractivity contribution is 5.99. The van der Waals surface area contributed by atoms with Crippen LogP contribution in [-0.4, -0.2) is 25.0 Å². The van der Waals surface area contributed by atoms with Gasteiger partial charge in [-0.2, -0.15) is 0 Å². The number of para-hydroxylation sites is 1. The first-order chi connectivity index (χ1) is 13.2. The van der Waals surface area contributed by atoms with Crippen molar-refractivity contribution in [1.29, 1.82) is 0 Å². The van der Waals surface area contributed by atoms with Crippen molar-refractivity contribution in [1.82, 2.24) is 10.6 Å². The average Bonchev–Trinajstić information content (AvgIpc) is 2.73. The SMILES string of the molecule is COc1ccccc1CNC(=O)c1cccc(C(=O)NC2CCCCC2)c1. The summed E-state index contributed by atoms with van der Waals surface area (Å²) < 4.78 is 5.30. The highest BCUT2D eigenvalue weighted by Gasteiger charge is 2.17. The number of benzene rings is 2. The third kappa shape index (κ3) is 5.09. The topological polar surface area (TPSA) is 67.4 Å². The van der Waals surface area contributed by atoms with Gasteiger partial charge in [-0.25, -0.2) is 0 Å². The summed E-state index contributed by atoms with van der Waals surface area (Å²) in [5.41, 5.74) is 1.89. The summed E-state index contributed by atoms with van der Waals surface area (Å²) in [7, 11) is 1.61. The first-order valence-electron chi connectivity index (χ1n) is 9.48. The zero-order valence-electron chi connectivity index (χ0n) is 15.7. The lowest BCUT2D eigenvalue weighted by molar-refractivity contribution is 0.0927. The minimum Gasteiger partial charge on any atom is -0.496 e. The Balaban J connectivity index is 1.62. The minimum absolute atomic E-state index is 0.110. The number of amides is 2. The van der Waals surface area contributed by atoms with Gasteiger partial charge in [0, 0.05) is 29.3 Å². The smallest absolute Gasteiger partial charge is 0.251 e. The molecule has 5 heteroatoms. The van der Waals surface area contributed by atoms with E-state index >= 15 is 0 Å². The van der Waals surface area contributed by atoms with Crippen molar-refractivity contribution in [2.24, 2.45) is 0 Å². The van der Waals surface area contributed by atoms with Crippen LogP contribution in [0.4, 0.5) is 0 Å². The van der Waals surface area contributed by atoms with Crippen LogP contribution in [0.25, 0.3) is 0 Å². The summed E-state index contributed by atoms with van der Waals surface area (Å²) >= 11 is 0. The minimum atomic E-state index is -0.215. The Bertz CT molecular complexity index is 798. The number of hydrogen-bond acceptors (Lipinski definition) is 3. The Morgan fingerprint density at radius 1 is 0.963 bits per heavy atom. The lowest BCUT2D eigenvalue weighted by Crippen LogP contribution is -2.36. The second-order valence-corrected chi connectivity index (χ2v) is 6.88. The fourth-order valence-electron chi connectivity index (χ4n) is 3.44. The summed E-state index contributed by atoms with van der Waals surface area (Å²) in [6.07, 6.45) is 5.64. The molecule has 0 atom stereocenters. The molecule has 142 valence electrons. The van der Waals surface area contributed by atoms with Crippen molar-refractivity contribution in [3.63, 3.8) is 0 Å². The zero-order chi connectivity index (χ0) is 19.1. The molecule has 0 saturated heterocycles. The van der Waals surface area contributed by atoms with Crippen LogP contribution in [0.3, 0.4) is 0 Å². The predicted octanol–water partition coefficient (Wildman–Crippen LogP) is 3.69. The van der Waals surface area contributed by atoms with E-state index in [4.69, 9.17) is 4.74 Å². The van der Waals surface area contributed by atoms with Gasteiger partial charge in [0.25, 0.3) is 11.8 Å². The van der Waals surface area contributed by atoms with Crippen LogP contribution in [0.1, 0.15) is 58.4 Å². The van der Waals surface area contributed by atoms with E-state index in [1.807, 2.05) is 24.3 Å². The monoisotopic (exact) mass is 366 g/mol. The summed E-state index contributed by atoms with van der Waals surface area (Å²) in [5.74, 6) is 0.410. The van der Waals surface area contributed by atoms with Gasteiger partial charge in [-0.1, -0.05) is 43.5 Å². The number of carbonyl (C=O) groups excluding carboxylic acids is 2. The Morgan fingerprint density at radius 2 is 1.67 bits per heavy atom. The number of methoxy groups -OCH3 is 1. The van der Waals surface area contributed by atoms with Gasteiger partial charge in [0.2, 0.25) is 0 Å². The third-order valence-electron chi connectivity index (χ3n) is 4.96. The molecule has 1 fully saturated rings. The van der Waals surface area contributed by atoms with E-state index < -0.39 is 0 Å². The number of ether oxygens (including phenoxy) is 1. The van der Waals surface area contributed by atoms with Crippen molar-refractivity contribution in [2.75, 3.05) is 7.11 Å². The lowest BCUT2D eigenvalue weighted by Gasteiger charge is -2.22. The third-order valence-corrected chi connectivity index (χ3v) is 4.96. The van der Waals surface area contributed by atoms with Crippen LogP contribution in [-0.2, 0) is 6.54 Å². The molecule has 0 radical (unpaired) electrons. The van der Waals surface area contributed by atoms with Gasteiger partial charge < -0.3 is 15.4 Å². The van der Waals surface area contributed by atoms with Gasteiger partial charge >= 0.3 is 0 Å². The quantitative estimate of drug-likeness (QED) is 0.819. The largest absolute Gasteiger partial charge is 0.496 e. The van der Waals surface area contributed by atoms with Crippen LogP contribution in [0.5, 0.6) is 5.75 Å². The fourth-order valence-corrected chi connectivity index (χ4v) is 3.44. The maximum Gasteiger partial charge on any atom is 0.251 e. The molecule has 2 N–H and O–H groups in total. The molecular weight excluding hydrogens is 340 g/mol. The molecule has 2 amide bonds. The molecule has 0 bridgehead atoms.